The van der Waals surface area contributed by atoms with Crippen LogP contribution in [0, 0.1) is 31.6 Å². The molecular weight excluding hydrogens is 412 g/mol. The second-order valence-electron chi connectivity index (χ2n) is 9.44. The zero-order valence-corrected chi connectivity index (χ0v) is 19.1. The Hall–Kier alpha value is -3.41. The Morgan fingerprint density at radius 3 is 2.12 bits per heavy atom. The van der Waals surface area contributed by atoms with Gasteiger partial charge in [0.2, 0.25) is 5.91 Å². The molecule has 2 aromatic carbocycles. The maximum Gasteiger partial charge on any atom is 0.251 e. The Morgan fingerprint density at radius 2 is 1.58 bits per heavy atom. The Balaban J connectivity index is 1.35. The lowest BCUT2D eigenvalue weighted by Gasteiger charge is -2.27. The smallest absolute Gasteiger partial charge is 0.251 e. The Morgan fingerprint density at radius 1 is 0.939 bits per heavy atom. The minimum absolute atomic E-state index is 0.133. The van der Waals surface area contributed by atoms with E-state index in [-0.39, 0.29) is 17.7 Å². The summed E-state index contributed by atoms with van der Waals surface area (Å²) in [4.78, 5) is 26.4. The number of nitrogens with one attached hydrogen (secondary N) is 3. The van der Waals surface area contributed by atoms with Crippen LogP contribution in [0.3, 0.4) is 0 Å². The Labute approximate surface area is 194 Å². The molecule has 170 valence electrons. The summed E-state index contributed by atoms with van der Waals surface area (Å²) in [6.07, 6.45) is 4.57. The van der Waals surface area contributed by atoms with Gasteiger partial charge in [-0.15, -0.1) is 0 Å². The van der Waals surface area contributed by atoms with Crippen molar-refractivity contribution in [2.75, 3.05) is 5.32 Å². The number of rotatable bonds is 8. The van der Waals surface area contributed by atoms with Crippen LogP contribution in [-0.4, -0.2) is 28.1 Å². The van der Waals surface area contributed by atoms with Crippen molar-refractivity contribution in [1.82, 2.24) is 15.5 Å². The van der Waals surface area contributed by atoms with Gasteiger partial charge in [0.1, 0.15) is 6.04 Å². The van der Waals surface area contributed by atoms with E-state index < -0.39 is 6.04 Å². The molecule has 33 heavy (non-hydrogen) atoms. The highest BCUT2D eigenvalue weighted by Crippen LogP contribution is 2.51. The number of carbonyl (C=O) groups is 2. The maximum absolute atomic E-state index is 13.5. The van der Waals surface area contributed by atoms with E-state index >= 15 is 0 Å². The second kappa shape index (κ2) is 8.85. The molecule has 2 fully saturated rings. The number of amides is 2. The van der Waals surface area contributed by atoms with Crippen molar-refractivity contribution < 1.29 is 9.59 Å². The van der Waals surface area contributed by atoms with Crippen LogP contribution in [0.15, 0.2) is 54.6 Å². The minimum Gasteiger partial charge on any atom is -0.340 e. The Bertz CT molecular complexity index is 1110. The Kier molecular flexibility index (Phi) is 5.75. The molecule has 0 saturated heterocycles. The number of H-pyrrole nitrogens is 1. The molecule has 2 amide bonds. The average molecular weight is 443 g/mol. The molecule has 0 radical (unpaired) electrons. The van der Waals surface area contributed by atoms with Crippen LogP contribution in [0.25, 0.3) is 11.1 Å². The normalized spacial score (nSPS) is 16.5. The van der Waals surface area contributed by atoms with E-state index in [1.807, 2.05) is 56.3 Å². The summed E-state index contributed by atoms with van der Waals surface area (Å²) in [5, 5.41) is 13.4. The van der Waals surface area contributed by atoms with E-state index in [1.54, 1.807) is 12.1 Å². The first-order valence-electron chi connectivity index (χ1n) is 11.8. The van der Waals surface area contributed by atoms with Crippen molar-refractivity contribution in [3.05, 3.63) is 71.5 Å². The largest absolute Gasteiger partial charge is 0.340 e. The van der Waals surface area contributed by atoms with Gasteiger partial charge in [0, 0.05) is 22.5 Å². The van der Waals surface area contributed by atoms with Crippen LogP contribution in [0.4, 0.5) is 5.69 Å². The monoisotopic (exact) mass is 442 g/mol. The van der Waals surface area contributed by atoms with Crippen LogP contribution in [0.1, 0.15) is 47.4 Å². The number of nitrogens with zero attached hydrogens (tertiary/aromatic N) is 1. The highest BCUT2D eigenvalue weighted by atomic mass is 16.2. The highest BCUT2D eigenvalue weighted by Gasteiger charge is 2.48. The molecule has 0 spiro atoms. The van der Waals surface area contributed by atoms with Gasteiger partial charge in [0.05, 0.1) is 5.69 Å². The molecule has 1 atom stereocenters. The molecule has 5 rings (SSSR count). The van der Waals surface area contributed by atoms with Crippen LogP contribution in [0.5, 0.6) is 0 Å². The van der Waals surface area contributed by atoms with Gasteiger partial charge >= 0.3 is 0 Å². The van der Waals surface area contributed by atoms with Gasteiger partial charge in [-0.25, -0.2) is 0 Å². The number of carbonyl (C=O) groups excluding carboxylic acids is 2. The molecule has 3 N–H and O–H groups in total. The van der Waals surface area contributed by atoms with Gasteiger partial charge in [0.15, 0.2) is 0 Å². The average Bonchev–Trinajstić information content (AvgIpc) is 3.75. The van der Waals surface area contributed by atoms with Gasteiger partial charge in [-0.2, -0.15) is 5.10 Å². The van der Waals surface area contributed by atoms with Crippen molar-refractivity contribution in [3.63, 3.8) is 0 Å². The predicted octanol–water partition coefficient (Wildman–Crippen LogP) is 4.87. The molecule has 1 heterocycles. The predicted molar refractivity (Wildman–Crippen MR) is 129 cm³/mol. The van der Waals surface area contributed by atoms with E-state index in [0.29, 0.717) is 17.4 Å². The highest BCUT2D eigenvalue weighted by molar-refractivity contribution is 6.01. The quantitative estimate of drug-likeness (QED) is 0.465. The number of aryl methyl sites for hydroxylation is 2. The third-order valence-electron chi connectivity index (χ3n) is 6.89. The first kappa shape index (κ1) is 21.4. The third-order valence-corrected chi connectivity index (χ3v) is 6.89. The van der Waals surface area contributed by atoms with Crippen LogP contribution in [-0.2, 0) is 4.79 Å². The van der Waals surface area contributed by atoms with E-state index in [0.717, 1.165) is 53.9 Å². The summed E-state index contributed by atoms with van der Waals surface area (Å²) < 4.78 is 0. The van der Waals surface area contributed by atoms with E-state index in [2.05, 4.69) is 20.8 Å². The SMILES string of the molecule is Cc1n[nH]c(C)c1-c1ccc(NC(=O)[C@@H](NC(=O)c2ccccc2)C(C2CC2)C2CC2)cc1. The van der Waals surface area contributed by atoms with E-state index in [4.69, 9.17) is 0 Å². The number of hydrogen-bond donors (Lipinski definition) is 3. The molecule has 1 aromatic heterocycles. The molecule has 3 aromatic rings. The van der Waals surface area contributed by atoms with Gasteiger partial charge < -0.3 is 10.6 Å². The van der Waals surface area contributed by atoms with Gasteiger partial charge in [-0.05, 0) is 87.1 Å². The summed E-state index contributed by atoms with van der Waals surface area (Å²) in [5.41, 5.74) is 5.42. The van der Waals surface area contributed by atoms with Crippen molar-refractivity contribution in [1.29, 1.82) is 0 Å². The van der Waals surface area contributed by atoms with E-state index in [9.17, 15) is 9.59 Å². The molecule has 0 bridgehead atoms. The molecule has 0 unspecified atom stereocenters. The number of hydrogen-bond acceptors (Lipinski definition) is 3. The molecular formula is C27H30N4O2. The molecule has 6 nitrogen and oxygen atoms in total. The molecule has 2 saturated carbocycles. The lowest BCUT2D eigenvalue weighted by atomic mass is 9.88. The molecule has 0 aliphatic heterocycles. The van der Waals surface area contributed by atoms with Gasteiger partial charge in [-0.3, -0.25) is 14.7 Å². The van der Waals surface area contributed by atoms with E-state index in [1.165, 1.54) is 0 Å². The fraction of sp³-hybridized carbons (Fsp3) is 0.370. The fourth-order valence-electron chi connectivity index (χ4n) is 4.96. The van der Waals surface area contributed by atoms with Crippen molar-refractivity contribution in [3.8, 4) is 11.1 Å². The van der Waals surface area contributed by atoms with Crippen molar-refractivity contribution in [2.45, 2.75) is 45.6 Å². The third kappa shape index (κ3) is 4.70. The lowest BCUT2D eigenvalue weighted by Crippen LogP contribution is -2.50. The zero-order chi connectivity index (χ0) is 22.9. The summed E-state index contributed by atoms with van der Waals surface area (Å²) in [7, 11) is 0. The maximum atomic E-state index is 13.5. The first-order valence-corrected chi connectivity index (χ1v) is 11.8. The van der Waals surface area contributed by atoms with Crippen LogP contribution < -0.4 is 10.6 Å². The van der Waals surface area contributed by atoms with Crippen molar-refractivity contribution >= 4 is 17.5 Å². The van der Waals surface area contributed by atoms with Crippen LogP contribution in [0.2, 0.25) is 0 Å². The lowest BCUT2D eigenvalue weighted by molar-refractivity contribution is -0.119. The van der Waals surface area contributed by atoms with Crippen LogP contribution >= 0.6 is 0 Å². The molecule has 6 heteroatoms. The van der Waals surface area contributed by atoms with Gasteiger partial charge in [0.25, 0.3) is 5.91 Å². The first-order chi connectivity index (χ1) is 16.0. The summed E-state index contributed by atoms with van der Waals surface area (Å²) >= 11 is 0. The molecule has 2 aliphatic carbocycles. The summed E-state index contributed by atoms with van der Waals surface area (Å²) in [6, 6.07) is 16.4. The number of aromatic amines is 1. The summed E-state index contributed by atoms with van der Waals surface area (Å²) in [6.45, 7) is 3.98. The number of benzene rings is 2. The topological polar surface area (TPSA) is 86.9 Å². The zero-order valence-electron chi connectivity index (χ0n) is 19.1. The fourth-order valence-corrected chi connectivity index (χ4v) is 4.96. The second-order valence-corrected chi connectivity index (χ2v) is 9.44. The van der Waals surface area contributed by atoms with Gasteiger partial charge in [-0.1, -0.05) is 30.3 Å². The molecule has 2 aliphatic rings. The summed E-state index contributed by atoms with van der Waals surface area (Å²) in [5.74, 6) is 0.931. The van der Waals surface area contributed by atoms with Crippen molar-refractivity contribution in [2.24, 2.45) is 17.8 Å². The number of aromatic nitrogens is 2. The number of anilines is 1. The minimum atomic E-state index is -0.532. The standard InChI is InChI=1S/C27H30N4O2/c1-16-23(17(2)31-30-16)18-12-14-22(15-13-18)28-27(33)25(24(19-8-9-19)20-10-11-20)29-26(32)21-6-4-3-5-7-21/h3-7,12-15,19-20,24-25H,8-11H2,1-2H3,(H,28,33)(H,29,32)(H,30,31)/t25-/m0/s1.